The van der Waals surface area contributed by atoms with Crippen molar-refractivity contribution in [2.75, 3.05) is 0 Å². The normalized spacial score (nSPS) is 20.9. The summed E-state index contributed by atoms with van der Waals surface area (Å²) in [4.78, 5) is 4.80. The number of nitrogens with zero attached hydrogens (tertiary/aromatic N) is 1. The number of hydrogen-bond acceptors (Lipinski definition) is 1. The Hall–Kier alpha value is -1.63. The van der Waals surface area contributed by atoms with Crippen LogP contribution in [0.15, 0.2) is 42.6 Å². The lowest BCUT2D eigenvalue weighted by Crippen LogP contribution is -2.13. The zero-order chi connectivity index (χ0) is 16.8. The maximum Gasteiger partial charge on any atom is 0.0434 e. The molecule has 1 heteroatoms. The molecule has 0 spiro atoms. The van der Waals surface area contributed by atoms with Gasteiger partial charge in [-0.05, 0) is 61.6 Å². The first-order chi connectivity index (χ1) is 11.8. The van der Waals surface area contributed by atoms with Gasteiger partial charge >= 0.3 is 0 Å². The molecule has 0 bridgehead atoms. The van der Waals surface area contributed by atoms with Crippen molar-refractivity contribution in [3.05, 3.63) is 53.9 Å². The molecule has 24 heavy (non-hydrogen) atoms. The van der Waals surface area contributed by atoms with Gasteiger partial charge in [-0.3, -0.25) is 4.98 Å². The molecular weight excluding hydrogens is 290 g/mol. The monoisotopic (exact) mass is 321 g/mol. The topological polar surface area (TPSA) is 12.9 Å². The van der Waals surface area contributed by atoms with Gasteiger partial charge in [0, 0.05) is 23.4 Å². The molecule has 0 aliphatic heterocycles. The van der Waals surface area contributed by atoms with Crippen LogP contribution in [0.5, 0.6) is 0 Å². The van der Waals surface area contributed by atoms with E-state index in [0.29, 0.717) is 5.92 Å². The molecular formula is C23H31N. The summed E-state index contributed by atoms with van der Waals surface area (Å²) < 4.78 is 0. The Morgan fingerprint density at radius 1 is 0.875 bits per heavy atom. The molecule has 0 amide bonds. The molecule has 1 fully saturated rings. The van der Waals surface area contributed by atoms with E-state index in [0.717, 1.165) is 5.92 Å². The van der Waals surface area contributed by atoms with E-state index in [-0.39, 0.29) is 0 Å². The number of unbranched alkanes of at least 4 members (excludes halogenated alkanes) is 1. The van der Waals surface area contributed by atoms with Gasteiger partial charge in [0.15, 0.2) is 0 Å². The van der Waals surface area contributed by atoms with Crippen molar-refractivity contribution in [1.82, 2.24) is 4.98 Å². The number of aromatic nitrogens is 1. The van der Waals surface area contributed by atoms with E-state index in [1.165, 1.54) is 73.8 Å². The molecule has 1 heterocycles. The maximum atomic E-state index is 4.80. The predicted octanol–water partition coefficient (Wildman–Crippen LogP) is 6.78. The fraction of sp³-hybridized carbons (Fsp3) is 0.522. The van der Waals surface area contributed by atoms with Crippen LogP contribution < -0.4 is 0 Å². The predicted molar refractivity (Wildman–Crippen MR) is 103 cm³/mol. The Kier molecular flexibility index (Phi) is 6.07. The van der Waals surface area contributed by atoms with E-state index in [9.17, 15) is 0 Å². The molecule has 0 N–H and O–H groups in total. The Morgan fingerprint density at radius 3 is 2.17 bits per heavy atom. The number of rotatable bonds is 6. The van der Waals surface area contributed by atoms with Crippen LogP contribution in [0.4, 0.5) is 0 Å². The maximum absolute atomic E-state index is 4.80. The quantitative estimate of drug-likeness (QED) is 0.571. The highest BCUT2D eigenvalue weighted by Crippen LogP contribution is 2.36. The molecule has 0 unspecified atom stereocenters. The smallest absolute Gasteiger partial charge is 0.0434 e. The van der Waals surface area contributed by atoms with Crippen LogP contribution in [-0.2, 0) is 6.42 Å². The summed E-state index contributed by atoms with van der Waals surface area (Å²) >= 11 is 0. The summed E-state index contributed by atoms with van der Waals surface area (Å²) in [5.41, 5.74) is 5.26. The Morgan fingerprint density at radius 2 is 1.58 bits per heavy atom. The fourth-order valence-corrected chi connectivity index (χ4v) is 3.93. The van der Waals surface area contributed by atoms with E-state index in [4.69, 9.17) is 4.98 Å². The largest absolute Gasteiger partial charge is 0.260 e. The van der Waals surface area contributed by atoms with Crippen LogP contribution in [0.3, 0.4) is 0 Å². The first kappa shape index (κ1) is 17.2. The van der Waals surface area contributed by atoms with Crippen LogP contribution in [0.1, 0.15) is 76.0 Å². The van der Waals surface area contributed by atoms with Crippen molar-refractivity contribution in [2.24, 2.45) is 5.92 Å². The minimum absolute atomic E-state index is 0.679. The molecule has 0 radical (unpaired) electrons. The van der Waals surface area contributed by atoms with Crippen molar-refractivity contribution in [3.8, 4) is 11.1 Å². The van der Waals surface area contributed by atoms with Gasteiger partial charge in [-0.15, -0.1) is 0 Å². The first-order valence-corrected chi connectivity index (χ1v) is 9.85. The van der Waals surface area contributed by atoms with E-state index < -0.39 is 0 Å². The van der Waals surface area contributed by atoms with E-state index >= 15 is 0 Å². The van der Waals surface area contributed by atoms with Crippen molar-refractivity contribution >= 4 is 0 Å². The summed E-state index contributed by atoms with van der Waals surface area (Å²) in [6.07, 6.45) is 12.5. The molecule has 1 nitrogen and oxygen atoms in total. The van der Waals surface area contributed by atoms with Gasteiger partial charge in [0.1, 0.15) is 0 Å². The van der Waals surface area contributed by atoms with Gasteiger partial charge in [-0.25, -0.2) is 0 Å². The van der Waals surface area contributed by atoms with E-state index in [2.05, 4.69) is 56.4 Å². The molecule has 2 aromatic rings. The Bertz CT molecular complexity index is 603. The van der Waals surface area contributed by atoms with Crippen LogP contribution in [0.25, 0.3) is 11.1 Å². The average molecular weight is 322 g/mol. The van der Waals surface area contributed by atoms with Crippen LogP contribution in [-0.4, -0.2) is 4.98 Å². The SMILES string of the molecule is CCCCc1ccc(-c2ccc(C3CCC(CC)CC3)nc2)cc1. The minimum Gasteiger partial charge on any atom is -0.260 e. The molecule has 3 rings (SSSR count). The molecule has 1 saturated carbocycles. The van der Waals surface area contributed by atoms with Gasteiger partial charge in [-0.2, -0.15) is 0 Å². The van der Waals surface area contributed by atoms with Crippen molar-refractivity contribution in [2.45, 2.75) is 71.1 Å². The lowest BCUT2D eigenvalue weighted by molar-refractivity contribution is 0.315. The molecule has 1 aliphatic rings. The third kappa shape index (κ3) is 4.26. The van der Waals surface area contributed by atoms with Crippen LogP contribution in [0, 0.1) is 5.92 Å². The third-order valence-corrected chi connectivity index (χ3v) is 5.74. The molecule has 1 aromatic heterocycles. The van der Waals surface area contributed by atoms with Gasteiger partial charge < -0.3 is 0 Å². The van der Waals surface area contributed by atoms with Gasteiger partial charge in [0.2, 0.25) is 0 Å². The summed E-state index contributed by atoms with van der Waals surface area (Å²) in [6.45, 7) is 4.57. The van der Waals surface area contributed by atoms with E-state index in [1.807, 2.05) is 0 Å². The summed E-state index contributed by atoms with van der Waals surface area (Å²) in [6, 6.07) is 13.5. The summed E-state index contributed by atoms with van der Waals surface area (Å²) in [5.74, 6) is 1.63. The summed E-state index contributed by atoms with van der Waals surface area (Å²) in [7, 11) is 0. The van der Waals surface area contributed by atoms with Crippen LogP contribution in [0.2, 0.25) is 0 Å². The van der Waals surface area contributed by atoms with Crippen molar-refractivity contribution in [1.29, 1.82) is 0 Å². The molecule has 1 aliphatic carbocycles. The lowest BCUT2D eigenvalue weighted by Gasteiger charge is -2.27. The second-order valence-corrected chi connectivity index (χ2v) is 7.40. The van der Waals surface area contributed by atoms with Gasteiger partial charge in [-0.1, -0.05) is 57.0 Å². The zero-order valence-electron chi connectivity index (χ0n) is 15.3. The average Bonchev–Trinajstić information content (AvgIpc) is 2.67. The van der Waals surface area contributed by atoms with Crippen molar-refractivity contribution < 1.29 is 0 Å². The van der Waals surface area contributed by atoms with Crippen molar-refractivity contribution in [3.63, 3.8) is 0 Å². The molecule has 1 aromatic carbocycles. The lowest BCUT2D eigenvalue weighted by atomic mass is 9.79. The second-order valence-electron chi connectivity index (χ2n) is 7.40. The Balaban J connectivity index is 1.64. The minimum atomic E-state index is 0.679. The standard InChI is InChI=1S/C23H31N/c1-3-5-6-19-9-11-20(12-10-19)22-15-16-23(24-17-22)21-13-7-18(4-2)8-14-21/h9-12,15-18,21H,3-8,13-14H2,1-2H3. The zero-order valence-corrected chi connectivity index (χ0v) is 15.3. The number of benzene rings is 1. The molecule has 128 valence electrons. The Labute approximate surface area is 147 Å². The highest BCUT2D eigenvalue weighted by Gasteiger charge is 2.22. The number of hydrogen-bond donors (Lipinski definition) is 0. The fourth-order valence-electron chi connectivity index (χ4n) is 3.93. The number of aryl methyl sites for hydroxylation is 1. The highest BCUT2D eigenvalue weighted by atomic mass is 14.7. The van der Waals surface area contributed by atoms with Crippen LogP contribution >= 0.6 is 0 Å². The number of pyridine rings is 1. The van der Waals surface area contributed by atoms with Gasteiger partial charge in [0.05, 0.1) is 0 Å². The van der Waals surface area contributed by atoms with Gasteiger partial charge in [0.25, 0.3) is 0 Å². The third-order valence-electron chi connectivity index (χ3n) is 5.74. The molecule has 0 atom stereocenters. The van der Waals surface area contributed by atoms with E-state index in [1.54, 1.807) is 0 Å². The highest BCUT2D eigenvalue weighted by molar-refractivity contribution is 5.62. The second kappa shape index (κ2) is 8.46. The summed E-state index contributed by atoms with van der Waals surface area (Å²) in [5, 5.41) is 0. The first-order valence-electron chi connectivity index (χ1n) is 9.85. The molecule has 0 saturated heterocycles.